The molecule has 0 aliphatic carbocycles. The van der Waals surface area contributed by atoms with Gasteiger partial charge in [-0.25, -0.2) is 4.79 Å². The first-order valence-electron chi connectivity index (χ1n) is 6.20. The number of aromatic carboxylic acids is 1. The van der Waals surface area contributed by atoms with Gasteiger partial charge in [-0.3, -0.25) is 5.43 Å². The maximum atomic E-state index is 10.7. The Morgan fingerprint density at radius 3 is 2.59 bits per heavy atom. The minimum atomic E-state index is -0.994. The summed E-state index contributed by atoms with van der Waals surface area (Å²) >= 11 is 5.91. The number of anilines is 1. The van der Waals surface area contributed by atoms with Crippen LogP contribution in [0.15, 0.2) is 41.5 Å². The molecular formula is C15H13ClN2O4. The largest absolute Gasteiger partial charge is 0.504 e. The molecule has 3 N–H and O–H groups in total. The molecule has 0 amide bonds. The Kier molecular flexibility index (Phi) is 4.85. The van der Waals surface area contributed by atoms with Crippen LogP contribution in [0.25, 0.3) is 0 Å². The first kappa shape index (κ1) is 15.7. The molecule has 0 aliphatic heterocycles. The smallest absolute Gasteiger partial charge is 0.335 e. The van der Waals surface area contributed by atoms with Crippen molar-refractivity contribution in [2.45, 2.75) is 0 Å². The number of aromatic hydroxyl groups is 1. The Balaban J connectivity index is 2.12. The van der Waals surface area contributed by atoms with Crippen LogP contribution in [0.3, 0.4) is 0 Å². The van der Waals surface area contributed by atoms with Gasteiger partial charge < -0.3 is 14.9 Å². The number of carboxylic acid groups (broad SMARTS) is 1. The predicted octanol–water partition coefficient (Wildman–Crippen LogP) is 3.20. The zero-order valence-corrected chi connectivity index (χ0v) is 12.3. The number of hydrogen-bond acceptors (Lipinski definition) is 5. The zero-order valence-electron chi connectivity index (χ0n) is 11.6. The average molecular weight is 321 g/mol. The van der Waals surface area contributed by atoms with Gasteiger partial charge in [0.2, 0.25) is 0 Å². The molecule has 0 saturated carbocycles. The second-order valence-corrected chi connectivity index (χ2v) is 4.73. The molecule has 0 heterocycles. The quantitative estimate of drug-likeness (QED) is 0.581. The van der Waals surface area contributed by atoms with Crippen molar-refractivity contribution in [3.63, 3.8) is 0 Å². The summed E-state index contributed by atoms with van der Waals surface area (Å²) < 4.78 is 4.99. The topological polar surface area (TPSA) is 91.2 Å². The number of hydrazone groups is 1. The number of methoxy groups -OCH3 is 1. The molecule has 0 aliphatic rings. The molecule has 0 spiro atoms. The van der Waals surface area contributed by atoms with Gasteiger partial charge in [0.15, 0.2) is 11.5 Å². The third-order valence-corrected chi connectivity index (χ3v) is 3.04. The number of nitrogens with zero attached hydrogens (tertiary/aromatic N) is 1. The Labute approximate surface area is 131 Å². The van der Waals surface area contributed by atoms with Crippen molar-refractivity contribution in [1.82, 2.24) is 0 Å². The van der Waals surface area contributed by atoms with Gasteiger partial charge in [-0.15, -0.1) is 0 Å². The third kappa shape index (κ3) is 3.67. The van der Waals surface area contributed by atoms with Crippen molar-refractivity contribution in [2.24, 2.45) is 5.10 Å². The lowest BCUT2D eigenvalue weighted by Gasteiger charge is -2.06. The van der Waals surface area contributed by atoms with Crippen LogP contribution in [0.5, 0.6) is 11.5 Å². The van der Waals surface area contributed by atoms with E-state index in [9.17, 15) is 9.90 Å². The SMILES string of the molecule is COc1cc(Cl)cc(/C=N/Nc2ccc(C(=O)O)cc2)c1O. The number of phenolic OH excluding ortho intramolecular Hbond substituents is 1. The molecule has 7 heteroatoms. The minimum absolute atomic E-state index is 0.0707. The predicted molar refractivity (Wildman–Crippen MR) is 84.3 cm³/mol. The molecule has 0 fully saturated rings. The molecule has 22 heavy (non-hydrogen) atoms. The Hall–Kier alpha value is -2.73. The van der Waals surface area contributed by atoms with E-state index in [1.165, 1.54) is 37.6 Å². The summed E-state index contributed by atoms with van der Waals surface area (Å²) in [6.45, 7) is 0. The summed E-state index contributed by atoms with van der Waals surface area (Å²) in [5.41, 5.74) is 3.91. The first-order chi connectivity index (χ1) is 10.5. The van der Waals surface area contributed by atoms with Crippen molar-refractivity contribution in [1.29, 1.82) is 0 Å². The highest BCUT2D eigenvalue weighted by atomic mass is 35.5. The molecule has 0 saturated heterocycles. The molecule has 0 bridgehead atoms. The molecule has 2 aromatic carbocycles. The van der Waals surface area contributed by atoms with Crippen LogP contribution in [0.2, 0.25) is 5.02 Å². The fraction of sp³-hybridized carbons (Fsp3) is 0.0667. The lowest BCUT2D eigenvalue weighted by Crippen LogP contribution is -1.96. The van der Waals surface area contributed by atoms with Crippen molar-refractivity contribution in [2.75, 3.05) is 12.5 Å². The van der Waals surface area contributed by atoms with E-state index in [2.05, 4.69) is 10.5 Å². The van der Waals surface area contributed by atoms with E-state index < -0.39 is 5.97 Å². The highest BCUT2D eigenvalue weighted by Crippen LogP contribution is 2.32. The van der Waals surface area contributed by atoms with Gasteiger partial charge in [0.25, 0.3) is 0 Å². The summed E-state index contributed by atoms with van der Waals surface area (Å²) in [4.78, 5) is 10.7. The number of rotatable bonds is 5. The lowest BCUT2D eigenvalue weighted by atomic mass is 10.2. The van der Waals surface area contributed by atoms with E-state index in [1.807, 2.05) is 0 Å². The maximum absolute atomic E-state index is 10.7. The number of hydrogen-bond donors (Lipinski definition) is 3. The van der Waals surface area contributed by atoms with Gasteiger partial charge in [-0.2, -0.15) is 5.10 Å². The van der Waals surface area contributed by atoms with Crippen LogP contribution in [0, 0.1) is 0 Å². The van der Waals surface area contributed by atoms with Crippen molar-refractivity contribution in [3.8, 4) is 11.5 Å². The van der Waals surface area contributed by atoms with E-state index in [-0.39, 0.29) is 17.1 Å². The highest BCUT2D eigenvalue weighted by molar-refractivity contribution is 6.31. The first-order valence-corrected chi connectivity index (χ1v) is 6.58. The van der Waals surface area contributed by atoms with Gasteiger partial charge in [0, 0.05) is 16.7 Å². The average Bonchev–Trinajstić information content (AvgIpc) is 2.50. The van der Waals surface area contributed by atoms with Gasteiger partial charge in [-0.05, 0) is 30.3 Å². The lowest BCUT2D eigenvalue weighted by molar-refractivity contribution is 0.0697. The van der Waals surface area contributed by atoms with Gasteiger partial charge in [0.05, 0.1) is 24.6 Å². The summed E-state index contributed by atoms with van der Waals surface area (Å²) in [6.07, 6.45) is 1.38. The molecule has 6 nitrogen and oxygen atoms in total. The van der Waals surface area contributed by atoms with Crippen LogP contribution in [0.1, 0.15) is 15.9 Å². The molecular weight excluding hydrogens is 308 g/mol. The number of halogens is 1. The van der Waals surface area contributed by atoms with Crippen LogP contribution in [-0.4, -0.2) is 29.5 Å². The second-order valence-electron chi connectivity index (χ2n) is 4.30. The van der Waals surface area contributed by atoms with Crippen LogP contribution in [0.4, 0.5) is 5.69 Å². The normalized spacial score (nSPS) is 10.6. The molecule has 0 aromatic heterocycles. The standard InChI is InChI=1S/C15H13ClN2O4/c1-22-13-7-11(16)6-10(14(13)19)8-17-18-12-4-2-9(3-5-12)15(20)21/h2-8,18-19H,1H3,(H,20,21)/b17-8+. The fourth-order valence-corrected chi connectivity index (χ4v) is 1.93. The van der Waals surface area contributed by atoms with E-state index in [0.717, 1.165) is 0 Å². The summed E-state index contributed by atoms with van der Waals surface area (Å²) in [7, 11) is 1.43. The fourth-order valence-electron chi connectivity index (χ4n) is 1.71. The zero-order chi connectivity index (χ0) is 16.1. The molecule has 2 aromatic rings. The molecule has 114 valence electrons. The number of carbonyl (C=O) groups is 1. The number of nitrogens with one attached hydrogen (secondary N) is 1. The van der Waals surface area contributed by atoms with Crippen LogP contribution in [-0.2, 0) is 0 Å². The maximum Gasteiger partial charge on any atom is 0.335 e. The van der Waals surface area contributed by atoms with E-state index in [0.29, 0.717) is 16.3 Å². The highest BCUT2D eigenvalue weighted by Gasteiger charge is 2.08. The van der Waals surface area contributed by atoms with Crippen molar-refractivity contribution >= 4 is 29.5 Å². The second kappa shape index (κ2) is 6.82. The molecule has 0 atom stereocenters. The van der Waals surface area contributed by atoms with Crippen LogP contribution < -0.4 is 10.2 Å². The van der Waals surface area contributed by atoms with Gasteiger partial charge in [0.1, 0.15) is 0 Å². The molecule has 0 unspecified atom stereocenters. The van der Waals surface area contributed by atoms with E-state index in [1.54, 1.807) is 12.1 Å². The number of carboxylic acids is 1. The minimum Gasteiger partial charge on any atom is -0.504 e. The Morgan fingerprint density at radius 2 is 2.00 bits per heavy atom. The van der Waals surface area contributed by atoms with Crippen molar-refractivity contribution in [3.05, 3.63) is 52.5 Å². The monoisotopic (exact) mass is 320 g/mol. The molecule has 0 radical (unpaired) electrons. The number of benzene rings is 2. The van der Waals surface area contributed by atoms with Crippen molar-refractivity contribution < 1.29 is 19.7 Å². The summed E-state index contributed by atoms with van der Waals surface area (Å²) in [6, 6.07) is 9.11. The number of ether oxygens (including phenoxy) is 1. The van der Waals surface area contributed by atoms with Crippen LogP contribution >= 0.6 is 11.6 Å². The molecule has 2 rings (SSSR count). The Bertz CT molecular complexity index is 714. The number of phenols is 1. The van der Waals surface area contributed by atoms with Gasteiger partial charge >= 0.3 is 5.97 Å². The van der Waals surface area contributed by atoms with Gasteiger partial charge in [-0.1, -0.05) is 11.6 Å². The Morgan fingerprint density at radius 1 is 1.32 bits per heavy atom. The summed E-state index contributed by atoms with van der Waals surface area (Å²) in [5.74, 6) is -0.815. The van der Waals surface area contributed by atoms with E-state index in [4.69, 9.17) is 21.4 Å². The van der Waals surface area contributed by atoms with E-state index >= 15 is 0 Å². The summed E-state index contributed by atoms with van der Waals surface area (Å²) in [5, 5.41) is 23.1. The third-order valence-electron chi connectivity index (χ3n) is 2.82.